The van der Waals surface area contributed by atoms with E-state index in [4.69, 9.17) is 4.74 Å². The van der Waals surface area contributed by atoms with Crippen molar-refractivity contribution >= 4 is 0 Å². The van der Waals surface area contributed by atoms with Gasteiger partial charge in [0.25, 0.3) is 0 Å². The number of benzene rings is 1. The molecular weight excluding hydrogens is 248 g/mol. The molecule has 0 radical (unpaired) electrons. The van der Waals surface area contributed by atoms with Crippen LogP contribution in [0.25, 0.3) is 0 Å². The summed E-state index contributed by atoms with van der Waals surface area (Å²) in [4.78, 5) is 0. The molecule has 0 spiro atoms. The van der Waals surface area contributed by atoms with Gasteiger partial charge < -0.3 is 10.1 Å². The van der Waals surface area contributed by atoms with E-state index < -0.39 is 11.6 Å². The topological polar surface area (TPSA) is 21.3 Å². The van der Waals surface area contributed by atoms with Crippen LogP contribution in [0.5, 0.6) is 5.75 Å². The Labute approximate surface area is 114 Å². The lowest BCUT2D eigenvalue weighted by atomic mass is 10.1. The Bertz CT molecular complexity index is 388. The first-order valence-corrected chi connectivity index (χ1v) is 6.71. The lowest BCUT2D eigenvalue weighted by Gasteiger charge is -2.20. The highest BCUT2D eigenvalue weighted by Gasteiger charge is 2.07. The SMILES string of the molecule is CC(C)(C)NCCCCCOc1ccc(F)cc1F. The van der Waals surface area contributed by atoms with Crippen molar-refractivity contribution in [2.45, 2.75) is 45.6 Å². The molecule has 1 aromatic carbocycles. The molecule has 0 aliphatic heterocycles. The molecule has 1 aromatic rings. The molecule has 1 rings (SSSR count). The Kier molecular flexibility index (Phi) is 6.22. The molecule has 1 N–H and O–H groups in total. The van der Waals surface area contributed by atoms with E-state index in [0.717, 1.165) is 31.9 Å². The minimum atomic E-state index is -0.644. The minimum absolute atomic E-state index is 0.120. The Morgan fingerprint density at radius 1 is 1.11 bits per heavy atom. The third-order valence-electron chi connectivity index (χ3n) is 2.63. The van der Waals surface area contributed by atoms with Crippen molar-refractivity contribution in [1.82, 2.24) is 5.32 Å². The summed E-state index contributed by atoms with van der Waals surface area (Å²) < 4.78 is 31.2. The molecule has 0 aliphatic rings. The average Bonchev–Trinajstić information content (AvgIpc) is 2.29. The maximum absolute atomic E-state index is 13.2. The van der Waals surface area contributed by atoms with Crippen LogP contribution >= 0.6 is 0 Å². The zero-order chi connectivity index (χ0) is 14.3. The van der Waals surface area contributed by atoms with Crippen LogP contribution in [-0.4, -0.2) is 18.7 Å². The Hall–Kier alpha value is -1.16. The van der Waals surface area contributed by atoms with Crippen LogP contribution < -0.4 is 10.1 Å². The van der Waals surface area contributed by atoms with Gasteiger partial charge in [0.1, 0.15) is 5.82 Å². The fourth-order valence-electron chi connectivity index (χ4n) is 1.64. The van der Waals surface area contributed by atoms with Gasteiger partial charge >= 0.3 is 0 Å². The number of ether oxygens (including phenoxy) is 1. The molecule has 0 fully saturated rings. The van der Waals surface area contributed by atoms with Crippen molar-refractivity contribution in [3.63, 3.8) is 0 Å². The van der Waals surface area contributed by atoms with Crippen molar-refractivity contribution in [2.24, 2.45) is 0 Å². The lowest BCUT2D eigenvalue weighted by molar-refractivity contribution is 0.288. The highest BCUT2D eigenvalue weighted by Crippen LogP contribution is 2.17. The summed E-state index contributed by atoms with van der Waals surface area (Å²) in [5.41, 5.74) is 0.147. The third-order valence-corrected chi connectivity index (χ3v) is 2.63. The maximum atomic E-state index is 13.2. The standard InChI is InChI=1S/C15H23F2NO/c1-15(2,3)18-9-5-4-6-10-19-14-8-7-12(16)11-13(14)17/h7-8,11,18H,4-6,9-10H2,1-3H3. The molecule has 0 heterocycles. The van der Waals surface area contributed by atoms with Gasteiger partial charge in [0, 0.05) is 11.6 Å². The second-order valence-electron chi connectivity index (χ2n) is 5.66. The fourth-order valence-corrected chi connectivity index (χ4v) is 1.64. The summed E-state index contributed by atoms with van der Waals surface area (Å²) in [6, 6.07) is 3.36. The van der Waals surface area contributed by atoms with E-state index in [0.29, 0.717) is 6.61 Å². The molecule has 0 saturated heterocycles. The maximum Gasteiger partial charge on any atom is 0.167 e. The van der Waals surface area contributed by atoms with Gasteiger partial charge in [-0.3, -0.25) is 0 Å². The predicted molar refractivity (Wildman–Crippen MR) is 73.5 cm³/mol. The van der Waals surface area contributed by atoms with E-state index in [-0.39, 0.29) is 11.3 Å². The monoisotopic (exact) mass is 271 g/mol. The van der Waals surface area contributed by atoms with E-state index in [9.17, 15) is 8.78 Å². The van der Waals surface area contributed by atoms with Crippen LogP contribution in [0.4, 0.5) is 8.78 Å². The molecule has 0 unspecified atom stereocenters. The zero-order valence-electron chi connectivity index (χ0n) is 11.9. The molecule has 0 amide bonds. The first-order chi connectivity index (χ1) is 8.88. The van der Waals surface area contributed by atoms with Gasteiger partial charge in [-0.2, -0.15) is 0 Å². The van der Waals surface area contributed by atoms with Crippen molar-refractivity contribution in [3.8, 4) is 5.75 Å². The van der Waals surface area contributed by atoms with Gasteiger partial charge in [-0.05, 0) is 58.7 Å². The number of halogens is 2. The summed E-state index contributed by atoms with van der Waals surface area (Å²) in [6.45, 7) is 7.82. The number of nitrogens with one attached hydrogen (secondary N) is 1. The minimum Gasteiger partial charge on any atom is -0.491 e. The van der Waals surface area contributed by atoms with Crippen LogP contribution in [0.1, 0.15) is 40.0 Å². The molecule has 4 heteroatoms. The number of rotatable bonds is 7. The van der Waals surface area contributed by atoms with E-state index >= 15 is 0 Å². The van der Waals surface area contributed by atoms with Gasteiger partial charge in [-0.15, -0.1) is 0 Å². The Morgan fingerprint density at radius 2 is 1.84 bits per heavy atom. The number of hydrogen-bond donors (Lipinski definition) is 1. The molecular formula is C15H23F2NO. The van der Waals surface area contributed by atoms with Crippen molar-refractivity contribution in [1.29, 1.82) is 0 Å². The normalized spacial score (nSPS) is 11.6. The highest BCUT2D eigenvalue weighted by molar-refractivity contribution is 5.24. The van der Waals surface area contributed by atoms with Gasteiger partial charge in [0.05, 0.1) is 6.61 Å². The summed E-state index contributed by atoms with van der Waals surface area (Å²) in [5.74, 6) is -1.11. The highest BCUT2D eigenvalue weighted by atomic mass is 19.1. The second-order valence-corrected chi connectivity index (χ2v) is 5.66. The van der Waals surface area contributed by atoms with Crippen LogP contribution in [0.15, 0.2) is 18.2 Å². The first kappa shape index (κ1) is 15.9. The summed E-state index contributed by atoms with van der Waals surface area (Å²) >= 11 is 0. The predicted octanol–water partition coefficient (Wildman–Crippen LogP) is 3.90. The van der Waals surface area contributed by atoms with E-state index in [2.05, 4.69) is 26.1 Å². The fraction of sp³-hybridized carbons (Fsp3) is 0.600. The Balaban J connectivity index is 2.11. The van der Waals surface area contributed by atoms with Crippen LogP contribution in [0.3, 0.4) is 0 Å². The van der Waals surface area contributed by atoms with E-state index in [1.54, 1.807) is 0 Å². The molecule has 0 saturated carbocycles. The van der Waals surface area contributed by atoms with E-state index in [1.165, 1.54) is 12.1 Å². The zero-order valence-corrected chi connectivity index (χ0v) is 11.9. The largest absolute Gasteiger partial charge is 0.491 e. The summed E-state index contributed by atoms with van der Waals surface area (Å²) in [7, 11) is 0. The molecule has 0 atom stereocenters. The quantitative estimate of drug-likeness (QED) is 0.759. The summed E-state index contributed by atoms with van der Waals surface area (Å²) in [5, 5.41) is 3.40. The molecule has 19 heavy (non-hydrogen) atoms. The van der Waals surface area contributed by atoms with Gasteiger partial charge in [0.2, 0.25) is 0 Å². The average molecular weight is 271 g/mol. The van der Waals surface area contributed by atoms with Crippen LogP contribution in [-0.2, 0) is 0 Å². The van der Waals surface area contributed by atoms with Crippen molar-refractivity contribution in [3.05, 3.63) is 29.8 Å². The van der Waals surface area contributed by atoms with Crippen LogP contribution in [0.2, 0.25) is 0 Å². The lowest BCUT2D eigenvalue weighted by Crippen LogP contribution is -2.36. The van der Waals surface area contributed by atoms with Crippen molar-refractivity contribution in [2.75, 3.05) is 13.2 Å². The third kappa shape index (κ3) is 7.11. The molecule has 2 nitrogen and oxygen atoms in total. The second kappa shape index (κ2) is 7.43. The van der Waals surface area contributed by atoms with Gasteiger partial charge in [-0.25, -0.2) is 8.78 Å². The van der Waals surface area contributed by atoms with Gasteiger partial charge in [0.15, 0.2) is 11.6 Å². The van der Waals surface area contributed by atoms with E-state index in [1.807, 2.05) is 0 Å². The van der Waals surface area contributed by atoms with Crippen molar-refractivity contribution < 1.29 is 13.5 Å². The molecule has 0 bridgehead atoms. The smallest absolute Gasteiger partial charge is 0.167 e. The number of unbranched alkanes of at least 4 members (excludes halogenated alkanes) is 2. The molecule has 0 aliphatic carbocycles. The van der Waals surface area contributed by atoms with Crippen LogP contribution in [0, 0.1) is 11.6 Å². The molecule has 0 aromatic heterocycles. The van der Waals surface area contributed by atoms with Gasteiger partial charge in [-0.1, -0.05) is 0 Å². The summed E-state index contributed by atoms with van der Waals surface area (Å²) in [6.07, 6.45) is 2.95. The first-order valence-electron chi connectivity index (χ1n) is 6.71. The molecule has 108 valence electrons. The number of hydrogen-bond acceptors (Lipinski definition) is 2. The Morgan fingerprint density at radius 3 is 2.47 bits per heavy atom.